The Morgan fingerprint density at radius 3 is 3.25 bits per heavy atom. The maximum absolute atomic E-state index is 8.76. The molecule has 1 N–H and O–H groups in total. The first-order valence-electron chi connectivity index (χ1n) is 5.51. The van der Waals surface area contributed by atoms with E-state index in [2.05, 4.69) is 23.3 Å². The van der Waals surface area contributed by atoms with Crippen LogP contribution >= 0.6 is 0 Å². The molecule has 2 atom stereocenters. The van der Waals surface area contributed by atoms with Gasteiger partial charge in [-0.05, 0) is 25.5 Å². The number of hydrogen-bond donors (Lipinski definition) is 1. The molecule has 0 saturated carbocycles. The van der Waals surface area contributed by atoms with E-state index in [4.69, 9.17) is 10.00 Å². The first-order valence-corrected chi connectivity index (χ1v) is 5.51. The van der Waals surface area contributed by atoms with Gasteiger partial charge in [0.1, 0.15) is 5.82 Å². The van der Waals surface area contributed by atoms with Crippen molar-refractivity contribution in [2.45, 2.75) is 19.4 Å². The molecule has 2 heterocycles. The summed E-state index contributed by atoms with van der Waals surface area (Å²) in [5.41, 5.74) is 0.633. The highest BCUT2D eigenvalue weighted by Crippen LogP contribution is 2.20. The van der Waals surface area contributed by atoms with Gasteiger partial charge in [-0.25, -0.2) is 4.98 Å². The predicted molar refractivity (Wildman–Crippen MR) is 61.0 cm³/mol. The summed E-state index contributed by atoms with van der Waals surface area (Å²) in [5.74, 6) is 1.30. The Balaban J connectivity index is 1.92. The lowest BCUT2D eigenvalue weighted by Gasteiger charge is -2.14. The molecule has 0 aliphatic carbocycles. The number of nitrogens with one attached hydrogen (secondary N) is 1. The van der Waals surface area contributed by atoms with Gasteiger partial charge in [-0.3, -0.25) is 0 Å². The summed E-state index contributed by atoms with van der Waals surface area (Å²) in [5, 5.41) is 12.0. The lowest BCUT2D eigenvalue weighted by atomic mass is 10.0. The van der Waals surface area contributed by atoms with Crippen LogP contribution in [0, 0.1) is 17.2 Å². The summed E-state index contributed by atoms with van der Waals surface area (Å²) in [6.07, 6.45) is 3.05. The number of ether oxygens (including phenoxy) is 1. The molecule has 16 heavy (non-hydrogen) atoms. The van der Waals surface area contributed by atoms with Crippen LogP contribution in [0.3, 0.4) is 0 Å². The van der Waals surface area contributed by atoms with Gasteiger partial charge >= 0.3 is 0 Å². The van der Waals surface area contributed by atoms with Crippen LogP contribution < -0.4 is 5.32 Å². The minimum Gasteiger partial charge on any atom is -0.378 e. The standard InChI is InChI=1S/C12H15N3O/c1-9-11(3-5-16-9)8-15-12-6-10(7-13)2-4-14-12/h2,4,6,9,11H,3,5,8H2,1H3,(H,14,15). The van der Waals surface area contributed by atoms with Crippen molar-refractivity contribution in [1.82, 2.24) is 4.98 Å². The Hall–Kier alpha value is -1.60. The van der Waals surface area contributed by atoms with Crippen molar-refractivity contribution in [2.24, 2.45) is 5.92 Å². The van der Waals surface area contributed by atoms with Crippen molar-refractivity contribution in [3.63, 3.8) is 0 Å². The maximum Gasteiger partial charge on any atom is 0.127 e. The molecular weight excluding hydrogens is 202 g/mol. The van der Waals surface area contributed by atoms with Crippen LogP contribution in [0.25, 0.3) is 0 Å². The van der Waals surface area contributed by atoms with Crippen LogP contribution in [0.15, 0.2) is 18.3 Å². The first-order chi connectivity index (χ1) is 7.79. The Morgan fingerprint density at radius 2 is 2.56 bits per heavy atom. The van der Waals surface area contributed by atoms with Crippen molar-refractivity contribution >= 4 is 5.82 Å². The zero-order chi connectivity index (χ0) is 11.4. The number of pyridine rings is 1. The third-order valence-electron chi connectivity index (χ3n) is 2.97. The molecule has 2 unspecified atom stereocenters. The van der Waals surface area contributed by atoms with Crippen LogP contribution in [0.2, 0.25) is 0 Å². The van der Waals surface area contributed by atoms with E-state index < -0.39 is 0 Å². The van der Waals surface area contributed by atoms with Crippen LogP contribution in [-0.2, 0) is 4.74 Å². The van der Waals surface area contributed by atoms with Gasteiger partial charge in [0.2, 0.25) is 0 Å². The normalized spacial score (nSPS) is 24.0. The van der Waals surface area contributed by atoms with Gasteiger partial charge in [-0.15, -0.1) is 0 Å². The van der Waals surface area contributed by atoms with E-state index in [9.17, 15) is 0 Å². The van der Waals surface area contributed by atoms with E-state index in [-0.39, 0.29) is 0 Å². The summed E-state index contributed by atoms with van der Waals surface area (Å²) in [4.78, 5) is 4.17. The van der Waals surface area contributed by atoms with E-state index in [0.717, 1.165) is 25.4 Å². The summed E-state index contributed by atoms with van der Waals surface area (Å²) in [6, 6.07) is 5.56. The van der Waals surface area contributed by atoms with Crippen LogP contribution in [-0.4, -0.2) is 24.2 Å². The minimum atomic E-state index is 0.312. The van der Waals surface area contributed by atoms with Crippen molar-refractivity contribution in [3.05, 3.63) is 23.9 Å². The predicted octanol–water partition coefficient (Wildman–Crippen LogP) is 1.79. The highest BCUT2D eigenvalue weighted by Gasteiger charge is 2.23. The highest BCUT2D eigenvalue weighted by molar-refractivity contribution is 5.42. The zero-order valence-electron chi connectivity index (χ0n) is 9.31. The molecule has 1 aromatic heterocycles. The monoisotopic (exact) mass is 217 g/mol. The molecule has 1 aliphatic rings. The molecule has 0 aromatic carbocycles. The second kappa shape index (κ2) is 4.95. The largest absolute Gasteiger partial charge is 0.378 e. The Labute approximate surface area is 95.3 Å². The smallest absolute Gasteiger partial charge is 0.127 e. The van der Waals surface area contributed by atoms with Gasteiger partial charge in [-0.2, -0.15) is 5.26 Å². The van der Waals surface area contributed by atoms with Gasteiger partial charge in [-0.1, -0.05) is 0 Å². The summed E-state index contributed by atoms with van der Waals surface area (Å²) < 4.78 is 5.49. The van der Waals surface area contributed by atoms with Gasteiger partial charge in [0.25, 0.3) is 0 Å². The molecule has 0 amide bonds. The molecule has 0 radical (unpaired) electrons. The van der Waals surface area contributed by atoms with Crippen molar-refractivity contribution < 1.29 is 4.74 Å². The topological polar surface area (TPSA) is 57.9 Å². The molecule has 1 aromatic rings. The van der Waals surface area contributed by atoms with Gasteiger partial charge in [0.15, 0.2) is 0 Å². The fraction of sp³-hybridized carbons (Fsp3) is 0.500. The van der Waals surface area contributed by atoms with E-state index in [0.29, 0.717) is 17.6 Å². The second-order valence-electron chi connectivity index (χ2n) is 4.05. The zero-order valence-corrected chi connectivity index (χ0v) is 9.31. The fourth-order valence-electron chi connectivity index (χ4n) is 1.88. The first kappa shape index (κ1) is 10.9. The molecule has 1 fully saturated rings. The lowest BCUT2D eigenvalue weighted by Crippen LogP contribution is -2.21. The number of anilines is 1. The van der Waals surface area contributed by atoms with E-state index in [1.165, 1.54) is 0 Å². The molecule has 2 rings (SSSR count). The molecule has 0 spiro atoms. The third kappa shape index (κ3) is 2.50. The second-order valence-corrected chi connectivity index (χ2v) is 4.05. The van der Waals surface area contributed by atoms with Crippen molar-refractivity contribution in [3.8, 4) is 6.07 Å². The number of nitrogens with zero attached hydrogens (tertiary/aromatic N) is 2. The van der Waals surface area contributed by atoms with Crippen LogP contribution in [0.1, 0.15) is 18.9 Å². The molecule has 1 saturated heterocycles. The molecule has 0 bridgehead atoms. The molecular formula is C12H15N3O. The van der Waals surface area contributed by atoms with Gasteiger partial charge in [0.05, 0.1) is 17.7 Å². The van der Waals surface area contributed by atoms with E-state index in [1.807, 2.05) is 0 Å². The molecule has 1 aliphatic heterocycles. The average Bonchev–Trinajstić information content (AvgIpc) is 2.72. The Bertz CT molecular complexity index is 399. The minimum absolute atomic E-state index is 0.312. The summed E-state index contributed by atoms with van der Waals surface area (Å²) >= 11 is 0. The third-order valence-corrected chi connectivity index (χ3v) is 2.97. The Morgan fingerprint density at radius 1 is 1.69 bits per heavy atom. The maximum atomic E-state index is 8.76. The molecule has 4 nitrogen and oxygen atoms in total. The fourth-order valence-corrected chi connectivity index (χ4v) is 1.88. The quantitative estimate of drug-likeness (QED) is 0.838. The number of hydrogen-bond acceptors (Lipinski definition) is 4. The SMILES string of the molecule is CC1OCCC1CNc1cc(C#N)ccn1. The van der Waals surface area contributed by atoms with Gasteiger partial charge in [0, 0.05) is 25.3 Å². The van der Waals surface area contributed by atoms with E-state index >= 15 is 0 Å². The van der Waals surface area contributed by atoms with Crippen LogP contribution in [0.5, 0.6) is 0 Å². The Kier molecular flexibility index (Phi) is 3.37. The number of nitriles is 1. The number of aromatic nitrogens is 1. The summed E-state index contributed by atoms with van der Waals surface area (Å²) in [7, 11) is 0. The molecule has 84 valence electrons. The van der Waals surface area contributed by atoms with E-state index in [1.54, 1.807) is 18.3 Å². The highest BCUT2D eigenvalue weighted by atomic mass is 16.5. The lowest BCUT2D eigenvalue weighted by molar-refractivity contribution is 0.108. The van der Waals surface area contributed by atoms with Crippen molar-refractivity contribution in [2.75, 3.05) is 18.5 Å². The summed E-state index contributed by atoms with van der Waals surface area (Å²) in [6.45, 7) is 3.79. The van der Waals surface area contributed by atoms with Crippen LogP contribution in [0.4, 0.5) is 5.82 Å². The van der Waals surface area contributed by atoms with Gasteiger partial charge < -0.3 is 10.1 Å². The number of rotatable bonds is 3. The molecule has 4 heteroatoms. The van der Waals surface area contributed by atoms with Crippen molar-refractivity contribution in [1.29, 1.82) is 5.26 Å². The average molecular weight is 217 g/mol.